The molecule has 0 saturated carbocycles. The summed E-state index contributed by atoms with van der Waals surface area (Å²) in [5.74, 6) is -2.18. The largest absolute Gasteiger partial charge is 0.495 e. The van der Waals surface area contributed by atoms with Crippen LogP contribution in [0, 0.1) is 0 Å². The average Bonchev–Trinajstić information content (AvgIpc) is 3.25. The smallest absolute Gasteiger partial charge is 0.335 e. The molecule has 2 amide bonds. The molecule has 37 heavy (non-hydrogen) atoms. The van der Waals surface area contributed by atoms with Crippen LogP contribution in [0.15, 0.2) is 53.3 Å². The van der Waals surface area contributed by atoms with Gasteiger partial charge < -0.3 is 20.5 Å². The molecular weight excluding hydrogens is 520 g/mol. The van der Waals surface area contributed by atoms with Crippen molar-refractivity contribution in [3.05, 3.63) is 85.7 Å². The minimum atomic E-state index is -1.11. The summed E-state index contributed by atoms with van der Waals surface area (Å²) in [6.45, 7) is 1.95. The third-order valence-electron chi connectivity index (χ3n) is 5.30. The first-order valence-electron chi connectivity index (χ1n) is 11.1. The highest BCUT2D eigenvalue weighted by Crippen LogP contribution is 2.30. The highest BCUT2D eigenvalue weighted by atomic mass is 35.5. The molecule has 0 unspecified atom stereocenters. The first kappa shape index (κ1) is 25.9. The highest BCUT2D eigenvalue weighted by Gasteiger charge is 2.27. The standard InChI is InChI=1S/C25H21ClN4O6S/c1-3-4-16-12-19(31)30-20(22(32)27-15-8-5-13(6-9-15)24(34)35)21(37-25(30)28-16)23(33)29-17-11-14(26)7-10-18(17)36-2/h5-12H,3-4H2,1-2H3,(H,27,32)(H,29,33)(H,34,35). The summed E-state index contributed by atoms with van der Waals surface area (Å²) < 4.78 is 6.37. The number of rotatable bonds is 8. The number of thiazole rings is 1. The molecule has 4 aromatic rings. The number of fused-ring (bicyclic) bond motifs is 1. The Kier molecular flexibility index (Phi) is 7.55. The van der Waals surface area contributed by atoms with Crippen LogP contribution >= 0.6 is 22.9 Å². The van der Waals surface area contributed by atoms with E-state index in [1.807, 2.05) is 6.92 Å². The number of hydrogen-bond acceptors (Lipinski definition) is 7. The van der Waals surface area contributed by atoms with Gasteiger partial charge in [0.25, 0.3) is 17.4 Å². The number of aromatic carboxylic acids is 1. The zero-order valence-electron chi connectivity index (χ0n) is 19.7. The number of methoxy groups -OCH3 is 1. The molecule has 0 radical (unpaired) electrons. The number of carbonyl (C=O) groups is 3. The third-order valence-corrected chi connectivity index (χ3v) is 6.57. The van der Waals surface area contributed by atoms with Gasteiger partial charge in [-0.1, -0.05) is 36.3 Å². The Balaban J connectivity index is 1.79. The molecule has 12 heteroatoms. The molecule has 0 bridgehead atoms. The predicted molar refractivity (Wildman–Crippen MR) is 141 cm³/mol. The Bertz CT molecular complexity index is 1580. The van der Waals surface area contributed by atoms with Gasteiger partial charge in [0.05, 0.1) is 18.4 Å². The molecule has 0 aliphatic carbocycles. The number of nitrogens with zero attached hydrogens (tertiary/aromatic N) is 2. The maximum atomic E-state index is 13.4. The molecule has 0 saturated heterocycles. The second-order valence-electron chi connectivity index (χ2n) is 7.87. The number of benzene rings is 2. The van der Waals surface area contributed by atoms with Crippen molar-refractivity contribution in [1.29, 1.82) is 0 Å². The minimum absolute atomic E-state index is 0.0402. The summed E-state index contributed by atoms with van der Waals surface area (Å²) in [7, 11) is 1.44. The maximum absolute atomic E-state index is 13.4. The fraction of sp³-hybridized carbons (Fsp3) is 0.160. The number of amides is 2. The molecule has 0 spiro atoms. The van der Waals surface area contributed by atoms with Crippen molar-refractivity contribution in [1.82, 2.24) is 9.38 Å². The van der Waals surface area contributed by atoms with Gasteiger partial charge in [0.1, 0.15) is 16.3 Å². The number of hydrogen-bond donors (Lipinski definition) is 3. The van der Waals surface area contributed by atoms with Gasteiger partial charge in [0.2, 0.25) is 0 Å². The Labute approximate surface area is 219 Å². The summed E-state index contributed by atoms with van der Waals surface area (Å²) >= 11 is 6.97. The first-order valence-corrected chi connectivity index (χ1v) is 12.3. The minimum Gasteiger partial charge on any atom is -0.495 e. The van der Waals surface area contributed by atoms with E-state index < -0.39 is 23.3 Å². The summed E-state index contributed by atoms with van der Waals surface area (Å²) in [6.07, 6.45) is 1.32. The highest BCUT2D eigenvalue weighted by molar-refractivity contribution is 7.19. The van der Waals surface area contributed by atoms with E-state index in [4.69, 9.17) is 21.4 Å². The van der Waals surface area contributed by atoms with Crippen molar-refractivity contribution >= 4 is 57.1 Å². The summed E-state index contributed by atoms with van der Waals surface area (Å²) in [4.78, 5) is 55.5. The molecule has 2 heterocycles. The molecule has 2 aromatic carbocycles. The van der Waals surface area contributed by atoms with Crippen LogP contribution in [0.3, 0.4) is 0 Å². The number of carbonyl (C=O) groups excluding carboxylic acids is 2. The van der Waals surface area contributed by atoms with E-state index in [2.05, 4.69) is 15.6 Å². The van der Waals surface area contributed by atoms with Gasteiger partial charge in [0, 0.05) is 22.5 Å². The van der Waals surface area contributed by atoms with Gasteiger partial charge in [0.15, 0.2) is 4.96 Å². The van der Waals surface area contributed by atoms with Crippen molar-refractivity contribution in [2.45, 2.75) is 19.8 Å². The van der Waals surface area contributed by atoms with Crippen LogP contribution in [0.5, 0.6) is 5.75 Å². The van der Waals surface area contributed by atoms with Crippen LogP contribution in [-0.2, 0) is 6.42 Å². The normalized spacial score (nSPS) is 10.8. The third kappa shape index (κ3) is 5.47. The van der Waals surface area contributed by atoms with Gasteiger partial charge in [-0.05, 0) is 48.9 Å². The van der Waals surface area contributed by atoms with Gasteiger partial charge in [-0.3, -0.25) is 14.4 Å². The number of aryl methyl sites for hydroxylation is 1. The van der Waals surface area contributed by atoms with Crippen molar-refractivity contribution in [2.75, 3.05) is 17.7 Å². The lowest BCUT2D eigenvalue weighted by atomic mass is 10.2. The van der Waals surface area contributed by atoms with Gasteiger partial charge in [-0.15, -0.1) is 0 Å². The van der Waals surface area contributed by atoms with E-state index in [0.717, 1.165) is 22.2 Å². The van der Waals surface area contributed by atoms with E-state index >= 15 is 0 Å². The summed E-state index contributed by atoms with van der Waals surface area (Å²) in [5.41, 5.74) is 0.435. The topological polar surface area (TPSA) is 139 Å². The van der Waals surface area contributed by atoms with E-state index in [0.29, 0.717) is 22.9 Å². The monoisotopic (exact) mass is 540 g/mol. The molecular formula is C25H21ClN4O6S. The van der Waals surface area contributed by atoms with Gasteiger partial charge in [-0.25, -0.2) is 14.2 Å². The van der Waals surface area contributed by atoms with Gasteiger partial charge >= 0.3 is 5.97 Å². The lowest BCUT2D eigenvalue weighted by molar-refractivity contribution is 0.0696. The van der Waals surface area contributed by atoms with Crippen molar-refractivity contribution < 1.29 is 24.2 Å². The van der Waals surface area contributed by atoms with E-state index in [1.165, 1.54) is 43.5 Å². The van der Waals surface area contributed by atoms with E-state index in [9.17, 15) is 19.2 Å². The summed E-state index contributed by atoms with van der Waals surface area (Å²) in [5, 5.41) is 14.8. The van der Waals surface area contributed by atoms with Crippen LogP contribution in [0.1, 0.15) is 49.6 Å². The van der Waals surface area contributed by atoms with Crippen LogP contribution in [0.2, 0.25) is 5.02 Å². The fourth-order valence-corrected chi connectivity index (χ4v) is 4.82. The molecule has 0 aliphatic heterocycles. The first-order chi connectivity index (χ1) is 17.7. The van der Waals surface area contributed by atoms with Crippen molar-refractivity contribution in [2.24, 2.45) is 0 Å². The molecule has 0 aliphatic rings. The van der Waals surface area contributed by atoms with Crippen molar-refractivity contribution in [3.63, 3.8) is 0 Å². The zero-order chi connectivity index (χ0) is 26.7. The lowest BCUT2D eigenvalue weighted by Crippen LogP contribution is -2.25. The van der Waals surface area contributed by atoms with Gasteiger partial charge in [-0.2, -0.15) is 0 Å². The molecule has 2 aromatic heterocycles. The second-order valence-corrected chi connectivity index (χ2v) is 9.28. The number of aromatic nitrogens is 2. The number of halogens is 1. The Hall–Kier alpha value is -4.22. The molecule has 10 nitrogen and oxygen atoms in total. The zero-order valence-corrected chi connectivity index (χ0v) is 21.3. The maximum Gasteiger partial charge on any atom is 0.335 e. The quantitative estimate of drug-likeness (QED) is 0.297. The number of carboxylic acid groups (broad SMARTS) is 1. The molecule has 190 valence electrons. The fourth-order valence-electron chi connectivity index (χ4n) is 3.61. The van der Waals surface area contributed by atoms with Crippen LogP contribution < -0.4 is 20.9 Å². The average molecular weight is 541 g/mol. The van der Waals surface area contributed by atoms with E-state index in [1.54, 1.807) is 12.1 Å². The molecule has 0 atom stereocenters. The second kappa shape index (κ2) is 10.8. The predicted octanol–water partition coefficient (Wildman–Crippen LogP) is 4.57. The summed E-state index contributed by atoms with van der Waals surface area (Å²) in [6, 6.07) is 11.5. The number of ether oxygens (including phenoxy) is 1. The number of carboxylic acids is 1. The number of nitrogens with one attached hydrogen (secondary N) is 2. The Morgan fingerprint density at radius 2 is 1.81 bits per heavy atom. The van der Waals surface area contributed by atoms with E-state index in [-0.39, 0.29) is 32.5 Å². The SMILES string of the molecule is CCCc1cc(=O)n2c(C(=O)Nc3ccc(C(=O)O)cc3)c(C(=O)Nc3cc(Cl)ccc3OC)sc2n1. The molecule has 4 rings (SSSR count). The Morgan fingerprint density at radius 1 is 1.08 bits per heavy atom. The number of anilines is 2. The van der Waals surface area contributed by atoms with Crippen LogP contribution in [0.4, 0.5) is 11.4 Å². The lowest BCUT2D eigenvalue weighted by Gasteiger charge is -2.11. The van der Waals surface area contributed by atoms with Crippen LogP contribution in [0.25, 0.3) is 4.96 Å². The van der Waals surface area contributed by atoms with Crippen LogP contribution in [-0.4, -0.2) is 39.4 Å². The Morgan fingerprint density at radius 3 is 2.46 bits per heavy atom. The van der Waals surface area contributed by atoms with Crippen molar-refractivity contribution in [3.8, 4) is 5.75 Å². The molecule has 0 fully saturated rings. The molecule has 3 N–H and O–H groups in total.